The molecule has 2 rings (SSSR count). The van der Waals surface area contributed by atoms with Crippen LogP contribution in [0.5, 0.6) is 5.75 Å². The SMILES string of the molecule is COc1cc(Cl)c(C)cc1NC1COC1. The third kappa shape index (κ3) is 2.19. The van der Waals surface area contributed by atoms with Crippen LogP contribution in [0.4, 0.5) is 5.69 Å². The molecule has 1 heterocycles. The number of hydrogen-bond donors (Lipinski definition) is 1. The predicted octanol–water partition coefficient (Wildman–Crippen LogP) is 2.47. The highest BCUT2D eigenvalue weighted by Crippen LogP contribution is 2.31. The largest absolute Gasteiger partial charge is 0.495 e. The van der Waals surface area contributed by atoms with Gasteiger partial charge in [0, 0.05) is 11.1 Å². The molecule has 3 nitrogen and oxygen atoms in total. The number of methoxy groups -OCH3 is 1. The molecule has 0 aromatic heterocycles. The van der Waals surface area contributed by atoms with Crippen molar-refractivity contribution in [2.45, 2.75) is 13.0 Å². The van der Waals surface area contributed by atoms with Gasteiger partial charge in [-0.2, -0.15) is 0 Å². The van der Waals surface area contributed by atoms with E-state index in [-0.39, 0.29) is 0 Å². The Balaban J connectivity index is 2.23. The molecule has 0 unspecified atom stereocenters. The molecule has 0 bridgehead atoms. The summed E-state index contributed by atoms with van der Waals surface area (Å²) in [5.41, 5.74) is 2.02. The summed E-state index contributed by atoms with van der Waals surface area (Å²) in [4.78, 5) is 0. The van der Waals surface area contributed by atoms with Crippen molar-refractivity contribution in [3.8, 4) is 5.75 Å². The number of nitrogens with one attached hydrogen (secondary N) is 1. The molecule has 0 spiro atoms. The van der Waals surface area contributed by atoms with Gasteiger partial charge in [-0.25, -0.2) is 0 Å². The van der Waals surface area contributed by atoms with Gasteiger partial charge >= 0.3 is 0 Å². The second-order valence-corrected chi connectivity index (χ2v) is 4.09. The topological polar surface area (TPSA) is 30.5 Å². The normalized spacial score (nSPS) is 15.9. The number of hydrogen-bond acceptors (Lipinski definition) is 3. The number of benzene rings is 1. The van der Waals surface area contributed by atoms with Gasteiger partial charge in [-0.3, -0.25) is 0 Å². The molecule has 0 amide bonds. The molecule has 82 valence electrons. The molecule has 15 heavy (non-hydrogen) atoms. The van der Waals surface area contributed by atoms with Crippen molar-refractivity contribution in [2.75, 3.05) is 25.6 Å². The van der Waals surface area contributed by atoms with Crippen molar-refractivity contribution >= 4 is 17.3 Å². The van der Waals surface area contributed by atoms with Crippen molar-refractivity contribution in [3.63, 3.8) is 0 Å². The maximum Gasteiger partial charge on any atom is 0.143 e. The van der Waals surface area contributed by atoms with Crippen LogP contribution in [-0.2, 0) is 4.74 Å². The van der Waals surface area contributed by atoms with Crippen LogP contribution in [0.2, 0.25) is 5.02 Å². The summed E-state index contributed by atoms with van der Waals surface area (Å²) in [5.74, 6) is 0.775. The van der Waals surface area contributed by atoms with E-state index in [1.54, 1.807) is 7.11 Å². The fraction of sp³-hybridized carbons (Fsp3) is 0.455. The van der Waals surface area contributed by atoms with Gasteiger partial charge in [-0.1, -0.05) is 11.6 Å². The Bertz CT molecular complexity index is 364. The summed E-state index contributed by atoms with van der Waals surface area (Å²) in [6.07, 6.45) is 0. The van der Waals surface area contributed by atoms with E-state index in [0.29, 0.717) is 6.04 Å². The van der Waals surface area contributed by atoms with Crippen molar-refractivity contribution in [1.82, 2.24) is 0 Å². The molecule has 1 N–H and O–H groups in total. The lowest BCUT2D eigenvalue weighted by molar-refractivity contribution is 0.0210. The van der Waals surface area contributed by atoms with Crippen molar-refractivity contribution in [1.29, 1.82) is 0 Å². The van der Waals surface area contributed by atoms with Crippen LogP contribution < -0.4 is 10.1 Å². The molecular weight excluding hydrogens is 214 g/mol. The number of rotatable bonds is 3. The molecule has 1 aliphatic heterocycles. The van der Waals surface area contributed by atoms with Gasteiger partial charge in [0.2, 0.25) is 0 Å². The van der Waals surface area contributed by atoms with Crippen LogP contribution in [0, 0.1) is 6.92 Å². The van der Waals surface area contributed by atoms with Gasteiger partial charge in [0.05, 0.1) is 32.1 Å². The average molecular weight is 228 g/mol. The van der Waals surface area contributed by atoms with Crippen LogP contribution in [0.25, 0.3) is 0 Å². The summed E-state index contributed by atoms with van der Waals surface area (Å²) < 4.78 is 10.4. The second kappa shape index (κ2) is 4.29. The molecular formula is C11H14ClNO2. The van der Waals surface area contributed by atoms with Crippen LogP contribution in [0.15, 0.2) is 12.1 Å². The zero-order chi connectivity index (χ0) is 10.8. The standard InChI is InChI=1S/C11H14ClNO2/c1-7-3-10(13-8-5-15-6-8)11(14-2)4-9(7)12/h3-4,8,13H,5-6H2,1-2H3. The second-order valence-electron chi connectivity index (χ2n) is 3.68. The minimum atomic E-state index is 0.388. The summed E-state index contributed by atoms with van der Waals surface area (Å²) in [7, 11) is 1.64. The smallest absolute Gasteiger partial charge is 0.143 e. The van der Waals surface area contributed by atoms with Crippen molar-refractivity contribution in [3.05, 3.63) is 22.7 Å². The summed E-state index contributed by atoms with van der Waals surface area (Å²) in [5, 5.41) is 4.08. The molecule has 0 aliphatic carbocycles. The van der Waals surface area contributed by atoms with E-state index < -0.39 is 0 Å². The summed E-state index contributed by atoms with van der Waals surface area (Å²) >= 11 is 6.02. The lowest BCUT2D eigenvalue weighted by Crippen LogP contribution is -2.40. The van der Waals surface area contributed by atoms with E-state index in [2.05, 4.69) is 5.32 Å². The quantitative estimate of drug-likeness (QED) is 0.861. The third-order valence-corrected chi connectivity index (χ3v) is 2.89. The van der Waals surface area contributed by atoms with Crippen LogP contribution >= 0.6 is 11.6 Å². The molecule has 1 saturated heterocycles. The Morgan fingerprint density at radius 2 is 2.20 bits per heavy atom. The highest BCUT2D eigenvalue weighted by atomic mass is 35.5. The molecule has 1 aliphatic rings. The van der Waals surface area contributed by atoms with E-state index in [0.717, 1.165) is 35.2 Å². The Morgan fingerprint density at radius 1 is 1.47 bits per heavy atom. The lowest BCUT2D eigenvalue weighted by Gasteiger charge is -2.28. The van der Waals surface area contributed by atoms with Crippen molar-refractivity contribution in [2.24, 2.45) is 0 Å². The fourth-order valence-corrected chi connectivity index (χ4v) is 1.64. The minimum Gasteiger partial charge on any atom is -0.495 e. The first-order valence-corrected chi connectivity index (χ1v) is 5.27. The van der Waals surface area contributed by atoms with E-state index in [9.17, 15) is 0 Å². The number of halogens is 1. The van der Waals surface area contributed by atoms with Crippen LogP contribution in [0.3, 0.4) is 0 Å². The van der Waals surface area contributed by atoms with Gasteiger partial charge in [0.25, 0.3) is 0 Å². The van der Waals surface area contributed by atoms with Crippen molar-refractivity contribution < 1.29 is 9.47 Å². The maximum atomic E-state index is 6.02. The molecule has 1 aromatic rings. The van der Waals surface area contributed by atoms with Gasteiger partial charge in [0.15, 0.2) is 0 Å². The summed E-state index contributed by atoms with van der Waals surface area (Å²) in [6, 6.07) is 4.22. The van der Waals surface area contributed by atoms with Gasteiger partial charge in [-0.15, -0.1) is 0 Å². The first-order chi connectivity index (χ1) is 7.20. The molecule has 0 atom stereocenters. The highest BCUT2D eigenvalue weighted by Gasteiger charge is 2.19. The zero-order valence-corrected chi connectivity index (χ0v) is 9.60. The number of ether oxygens (including phenoxy) is 2. The Labute approximate surface area is 94.3 Å². The maximum absolute atomic E-state index is 6.02. The first kappa shape index (κ1) is 10.6. The highest BCUT2D eigenvalue weighted by molar-refractivity contribution is 6.31. The van der Waals surface area contributed by atoms with Crippen LogP contribution in [-0.4, -0.2) is 26.4 Å². The molecule has 1 aromatic carbocycles. The van der Waals surface area contributed by atoms with E-state index >= 15 is 0 Å². The van der Waals surface area contributed by atoms with Gasteiger partial charge in [-0.05, 0) is 18.6 Å². The summed E-state index contributed by atoms with van der Waals surface area (Å²) in [6.45, 7) is 3.49. The van der Waals surface area contributed by atoms with E-state index in [4.69, 9.17) is 21.1 Å². The Kier molecular flexibility index (Phi) is 3.03. The number of anilines is 1. The van der Waals surface area contributed by atoms with E-state index in [1.165, 1.54) is 0 Å². The zero-order valence-electron chi connectivity index (χ0n) is 8.84. The number of aryl methyl sites for hydroxylation is 1. The monoisotopic (exact) mass is 227 g/mol. The minimum absolute atomic E-state index is 0.388. The lowest BCUT2D eigenvalue weighted by atomic mass is 10.1. The Morgan fingerprint density at radius 3 is 2.73 bits per heavy atom. The Hall–Kier alpha value is -0.930. The third-order valence-electron chi connectivity index (χ3n) is 2.48. The molecule has 0 radical (unpaired) electrons. The predicted molar refractivity (Wildman–Crippen MR) is 61.0 cm³/mol. The first-order valence-electron chi connectivity index (χ1n) is 4.89. The van der Waals surface area contributed by atoms with Crippen LogP contribution in [0.1, 0.15) is 5.56 Å². The fourth-order valence-electron chi connectivity index (χ4n) is 1.48. The van der Waals surface area contributed by atoms with Gasteiger partial charge < -0.3 is 14.8 Å². The molecule has 4 heteroatoms. The molecule has 0 saturated carbocycles. The van der Waals surface area contributed by atoms with Gasteiger partial charge in [0.1, 0.15) is 5.75 Å². The van der Waals surface area contributed by atoms with E-state index in [1.807, 2.05) is 19.1 Å². The molecule has 1 fully saturated rings. The average Bonchev–Trinajstić information content (AvgIpc) is 2.16.